The van der Waals surface area contributed by atoms with Crippen molar-refractivity contribution in [3.05, 3.63) is 0 Å². The van der Waals surface area contributed by atoms with E-state index in [2.05, 4.69) is 13.8 Å². The van der Waals surface area contributed by atoms with Gasteiger partial charge in [-0.1, -0.05) is 168 Å². The van der Waals surface area contributed by atoms with Crippen molar-refractivity contribution in [2.24, 2.45) is 0 Å². The van der Waals surface area contributed by atoms with Crippen LogP contribution < -0.4 is 0 Å². The van der Waals surface area contributed by atoms with Crippen LogP contribution in [0.15, 0.2) is 0 Å². The first-order valence-corrected chi connectivity index (χ1v) is 18.0. The van der Waals surface area contributed by atoms with E-state index in [9.17, 15) is 9.59 Å². The lowest BCUT2D eigenvalue weighted by Gasteiger charge is -2.06. The molecule has 4 heteroatoms. The summed E-state index contributed by atoms with van der Waals surface area (Å²) in [4.78, 5) is 23.6. The fourth-order valence-electron chi connectivity index (χ4n) is 5.29. The summed E-state index contributed by atoms with van der Waals surface area (Å²) in [6.07, 6.45) is 36.3. The number of hydrogen-bond acceptors (Lipinski definition) is 4. The summed E-state index contributed by atoms with van der Waals surface area (Å²) in [5.41, 5.74) is 0. The Hall–Kier alpha value is -1.06. The molecule has 4 nitrogen and oxygen atoms in total. The number of esters is 2. The average molecular weight is 567 g/mol. The van der Waals surface area contributed by atoms with Gasteiger partial charge in [0.05, 0.1) is 13.2 Å². The van der Waals surface area contributed by atoms with Gasteiger partial charge in [0, 0.05) is 12.8 Å². The van der Waals surface area contributed by atoms with Gasteiger partial charge in [-0.25, -0.2) is 0 Å². The Kier molecular flexibility index (Phi) is 33.2. The van der Waals surface area contributed by atoms with Gasteiger partial charge in [-0.2, -0.15) is 0 Å². The summed E-state index contributed by atoms with van der Waals surface area (Å²) in [5.74, 6) is 0.00832. The molecule has 0 heterocycles. The van der Waals surface area contributed by atoms with Gasteiger partial charge in [0.15, 0.2) is 0 Å². The van der Waals surface area contributed by atoms with Crippen molar-refractivity contribution in [3.8, 4) is 0 Å². The minimum absolute atomic E-state index is 0.00416. The van der Waals surface area contributed by atoms with Crippen LogP contribution in [0.5, 0.6) is 0 Å². The highest BCUT2D eigenvalue weighted by Crippen LogP contribution is 2.15. The third kappa shape index (κ3) is 33.1. The van der Waals surface area contributed by atoms with Crippen molar-refractivity contribution >= 4 is 11.9 Å². The molecule has 0 radical (unpaired) electrons. The standard InChI is InChI=1S/C36H70O4/c1-3-5-7-9-25-29-33-39-35(37)31-27-23-21-19-17-15-13-11-12-14-16-18-20-22-24-28-32-36(38)40-34-30-26-10-8-6-4-2/h3-34H2,1-2H3. The zero-order valence-corrected chi connectivity index (χ0v) is 27.3. The fraction of sp³-hybridized carbons (Fsp3) is 0.944. The number of carbonyl (C=O) groups excluding carboxylic acids is 2. The van der Waals surface area contributed by atoms with Crippen LogP contribution >= 0.6 is 0 Å². The maximum absolute atomic E-state index is 11.8. The summed E-state index contributed by atoms with van der Waals surface area (Å²) >= 11 is 0. The van der Waals surface area contributed by atoms with E-state index >= 15 is 0 Å². The SMILES string of the molecule is CCCCCCCCOC(=O)CCCCCCCCCCCCCCCCCCC(=O)OCCCCCCCC. The normalized spacial score (nSPS) is 11.2. The topological polar surface area (TPSA) is 52.6 Å². The minimum atomic E-state index is 0.00416. The molecule has 0 aromatic heterocycles. The van der Waals surface area contributed by atoms with Gasteiger partial charge in [0.25, 0.3) is 0 Å². The average Bonchev–Trinajstić information content (AvgIpc) is 2.95. The molecule has 0 saturated carbocycles. The molecule has 0 aliphatic heterocycles. The second-order valence-corrected chi connectivity index (χ2v) is 12.1. The first-order valence-electron chi connectivity index (χ1n) is 18.0. The molecule has 0 aliphatic carbocycles. The number of ether oxygens (including phenoxy) is 2. The molecule has 0 unspecified atom stereocenters. The van der Waals surface area contributed by atoms with Gasteiger partial charge >= 0.3 is 11.9 Å². The van der Waals surface area contributed by atoms with Gasteiger partial charge in [-0.3, -0.25) is 9.59 Å². The van der Waals surface area contributed by atoms with E-state index in [0.29, 0.717) is 26.1 Å². The molecule has 0 fully saturated rings. The van der Waals surface area contributed by atoms with Crippen LogP contribution in [0.25, 0.3) is 0 Å². The first kappa shape index (κ1) is 38.9. The Bertz CT molecular complexity index is 473. The van der Waals surface area contributed by atoms with Crippen LogP contribution in [-0.2, 0) is 19.1 Å². The molecule has 238 valence electrons. The quantitative estimate of drug-likeness (QED) is 0.0585. The highest BCUT2D eigenvalue weighted by atomic mass is 16.5. The first-order chi connectivity index (χ1) is 19.7. The van der Waals surface area contributed by atoms with E-state index in [1.54, 1.807) is 0 Å². The Morgan fingerprint density at radius 3 is 0.825 bits per heavy atom. The highest BCUT2D eigenvalue weighted by molar-refractivity contribution is 5.69. The summed E-state index contributed by atoms with van der Waals surface area (Å²) < 4.78 is 10.7. The van der Waals surface area contributed by atoms with Gasteiger partial charge < -0.3 is 9.47 Å². The van der Waals surface area contributed by atoms with Crippen molar-refractivity contribution in [1.29, 1.82) is 0 Å². The molecule has 0 N–H and O–H groups in total. The molecule has 40 heavy (non-hydrogen) atoms. The fourth-order valence-corrected chi connectivity index (χ4v) is 5.29. The molecular weight excluding hydrogens is 496 g/mol. The van der Waals surface area contributed by atoms with Crippen molar-refractivity contribution in [2.45, 2.75) is 206 Å². The van der Waals surface area contributed by atoms with E-state index in [0.717, 1.165) is 38.5 Å². The third-order valence-electron chi connectivity index (χ3n) is 8.03. The predicted molar refractivity (Wildman–Crippen MR) is 172 cm³/mol. The Labute approximate surface area is 250 Å². The van der Waals surface area contributed by atoms with Gasteiger partial charge in [-0.05, 0) is 25.7 Å². The number of hydrogen-bond donors (Lipinski definition) is 0. The second kappa shape index (κ2) is 34.1. The lowest BCUT2D eigenvalue weighted by Crippen LogP contribution is -2.05. The summed E-state index contributed by atoms with van der Waals surface area (Å²) in [7, 11) is 0. The van der Waals surface area contributed by atoms with Crippen LogP contribution in [0.2, 0.25) is 0 Å². The molecule has 0 bridgehead atoms. The Morgan fingerprint density at radius 1 is 0.325 bits per heavy atom. The minimum Gasteiger partial charge on any atom is -0.466 e. The largest absolute Gasteiger partial charge is 0.466 e. The van der Waals surface area contributed by atoms with Crippen molar-refractivity contribution in [3.63, 3.8) is 0 Å². The third-order valence-corrected chi connectivity index (χ3v) is 8.03. The molecule has 0 saturated heterocycles. The Balaban J connectivity index is 3.18. The van der Waals surface area contributed by atoms with Crippen molar-refractivity contribution in [2.75, 3.05) is 13.2 Å². The van der Waals surface area contributed by atoms with Gasteiger partial charge in [-0.15, -0.1) is 0 Å². The highest BCUT2D eigenvalue weighted by Gasteiger charge is 2.04. The summed E-state index contributed by atoms with van der Waals surface area (Å²) in [6.45, 7) is 5.70. The zero-order chi connectivity index (χ0) is 29.2. The van der Waals surface area contributed by atoms with Crippen LogP contribution in [0.3, 0.4) is 0 Å². The maximum atomic E-state index is 11.8. The zero-order valence-electron chi connectivity index (χ0n) is 27.3. The molecule has 0 amide bonds. The van der Waals surface area contributed by atoms with Crippen molar-refractivity contribution in [1.82, 2.24) is 0 Å². The molecular formula is C36H70O4. The maximum Gasteiger partial charge on any atom is 0.305 e. The molecule has 0 rings (SSSR count). The van der Waals surface area contributed by atoms with E-state index < -0.39 is 0 Å². The molecule has 0 aliphatic rings. The van der Waals surface area contributed by atoms with Gasteiger partial charge in [0.2, 0.25) is 0 Å². The number of rotatable bonds is 33. The van der Waals surface area contributed by atoms with E-state index in [1.807, 2.05) is 0 Å². The number of unbranched alkanes of at least 4 members (excludes halogenated alkanes) is 25. The molecule has 0 aromatic rings. The lowest BCUT2D eigenvalue weighted by atomic mass is 10.0. The van der Waals surface area contributed by atoms with Crippen LogP contribution in [0.4, 0.5) is 0 Å². The van der Waals surface area contributed by atoms with Crippen molar-refractivity contribution < 1.29 is 19.1 Å². The predicted octanol–water partition coefficient (Wildman–Crippen LogP) is 11.8. The smallest absolute Gasteiger partial charge is 0.305 e. The second-order valence-electron chi connectivity index (χ2n) is 12.1. The van der Waals surface area contributed by atoms with Gasteiger partial charge in [0.1, 0.15) is 0 Å². The number of carbonyl (C=O) groups is 2. The van der Waals surface area contributed by atoms with Crippen LogP contribution in [-0.4, -0.2) is 25.2 Å². The monoisotopic (exact) mass is 567 g/mol. The van der Waals surface area contributed by atoms with E-state index in [4.69, 9.17) is 9.47 Å². The molecule has 0 aromatic carbocycles. The van der Waals surface area contributed by atoms with Crippen LogP contribution in [0, 0.1) is 0 Å². The molecule has 0 atom stereocenters. The summed E-state index contributed by atoms with van der Waals surface area (Å²) in [5, 5.41) is 0. The lowest BCUT2D eigenvalue weighted by molar-refractivity contribution is -0.144. The Morgan fingerprint density at radius 2 is 0.550 bits per heavy atom. The van der Waals surface area contributed by atoms with E-state index in [1.165, 1.54) is 141 Å². The molecule has 0 spiro atoms. The summed E-state index contributed by atoms with van der Waals surface area (Å²) in [6, 6.07) is 0. The van der Waals surface area contributed by atoms with E-state index in [-0.39, 0.29) is 11.9 Å². The van der Waals surface area contributed by atoms with Crippen LogP contribution in [0.1, 0.15) is 206 Å².